The van der Waals surface area contributed by atoms with Crippen molar-refractivity contribution in [1.29, 1.82) is 0 Å². The van der Waals surface area contributed by atoms with Crippen LogP contribution in [-0.2, 0) is 13.6 Å². The van der Waals surface area contributed by atoms with Crippen molar-refractivity contribution in [2.75, 3.05) is 12.4 Å². The number of rotatable bonds is 5. The summed E-state index contributed by atoms with van der Waals surface area (Å²) in [6.07, 6.45) is 7.15. The maximum absolute atomic E-state index is 12.2. The summed E-state index contributed by atoms with van der Waals surface area (Å²) in [5, 5.41) is 10.2. The number of halogens is 1. The number of hydrogen-bond donors (Lipinski definition) is 2. The van der Waals surface area contributed by atoms with E-state index in [-0.39, 0.29) is 6.03 Å². The van der Waals surface area contributed by atoms with E-state index in [2.05, 4.69) is 20.7 Å². The maximum atomic E-state index is 12.2. The van der Waals surface area contributed by atoms with E-state index in [1.165, 1.54) is 7.11 Å². The van der Waals surface area contributed by atoms with Crippen LogP contribution in [0.25, 0.3) is 11.1 Å². The molecule has 0 unspecified atom stereocenters. The van der Waals surface area contributed by atoms with Gasteiger partial charge in [0.15, 0.2) is 0 Å². The molecule has 2 heterocycles. The number of aromatic nitrogens is 3. The Bertz CT molecular complexity index is 925. The topological polar surface area (TPSA) is 81.1 Å². The van der Waals surface area contributed by atoms with E-state index in [0.29, 0.717) is 23.0 Å². The largest absolute Gasteiger partial charge is 0.495 e. The molecule has 26 heavy (non-hydrogen) atoms. The summed E-state index contributed by atoms with van der Waals surface area (Å²) in [7, 11) is 3.39. The number of hydrogen-bond acceptors (Lipinski definition) is 4. The smallest absolute Gasteiger partial charge is 0.319 e. The molecule has 2 N–H and O–H groups in total. The number of anilines is 1. The second kappa shape index (κ2) is 7.88. The second-order valence-corrected chi connectivity index (χ2v) is 6.07. The minimum absolute atomic E-state index is 0.329. The van der Waals surface area contributed by atoms with Crippen molar-refractivity contribution in [2.45, 2.75) is 6.54 Å². The fraction of sp³-hybridized carbons (Fsp3) is 0.167. The highest BCUT2D eigenvalue weighted by molar-refractivity contribution is 6.31. The standard InChI is InChI=1S/C18H18ClN5O2/c1-24-11-14(10-22-24)13-5-12(7-20-9-13)8-21-18(25)23-16-6-15(19)3-4-17(16)26-2/h3-7,9-11H,8H2,1-2H3,(H2,21,23,25). The molecule has 0 saturated heterocycles. The quantitative estimate of drug-likeness (QED) is 0.719. The van der Waals surface area contributed by atoms with Gasteiger partial charge in [-0.1, -0.05) is 11.6 Å². The van der Waals surface area contributed by atoms with Crippen LogP contribution in [0.15, 0.2) is 49.1 Å². The zero-order valence-corrected chi connectivity index (χ0v) is 15.1. The molecule has 0 spiro atoms. The summed E-state index contributed by atoms with van der Waals surface area (Å²) >= 11 is 5.97. The average molecular weight is 372 g/mol. The predicted octanol–water partition coefficient (Wildman–Crippen LogP) is 3.47. The van der Waals surface area contributed by atoms with E-state index in [4.69, 9.17) is 16.3 Å². The van der Waals surface area contributed by atoms with E-state index < -0.39 is 0 Å². The molecule has 134 valence electrons. The Morgan fingerprint density at radius 3 is 2.81 bits per heavy atom. The van der Waals surface area contributed by atoms with Crippen molar-refractivity contribution in [2.24, 2.45) is 7.05 Å². The number of methoxy groups -OCH3 is 1. The summed E-state index contributed by atoms with van der Waals surface area (Å²) < 4.78 is 6.94. The zero-order chi connectivity index (χ0) is 18.5. The number of urea groups is 1. The first-order valence-corrected chi connectivity index (χ1v) is 8.24. The molecule has 2 amide bonds. The lowest BCUT2D eigenvalue weighted by Gasteiger charge is -2.11. The highest BCUT2D eigenvalue weighted by atomic mass is 35.5. The number of carbonyl (C=O) groups is 1. The van der Waals surface area contributed by atoms with Crippen molar-refractivity contribution in [3.05, 3.63) is 59.6 Å². The third-order valence-corrected chi connectivity index (χ3v) is 3.93. The van der Waals surface area contributed by atoms with Gasteiger partial charge in [0.05, 0.1) is 19.0 Å². The molecule has 2 aromatic heterocycles. The van der Waals surface area contributed by atoms with Gasteiger partial charge in [0.25, 0.3) is 0 Å². The highest BCUT2D eigenvalue weighted by Gasteiger charge is 2.09. The molecule has 0 fully saturated rings. The third kappa shape index (κ3) is 4.31. The first kappa shape index (κ1) is 17.8. The Hall–Kier alpha value is -3.06. The van der Waals surface area contributed by atoms with E-state index in [1.54, 1.807) is 41.5 Å². The summed E-state index contributed by atoms with van der Waals surface area (Å²) in [6.45, 7) is 0.329. The number of ether oxygens (including phenoxy) is 1. The Kier molecular flexibility index (Phi) is 5.38. The van der Waals surface area contributed by atoms with Gasteiger partial charge in [-0.25, -0.2) is 4.79 Å². The molecule has 3 rings (SSSR count). The van der Waals surface area contributed by atoms with Crippen LogP contribution in [0.4, 0.5) is 10.5 Å². The van der Waals surface area contributed by atoms with Crippen LogP contribution >= 0.6 is 11.6 Å². The molecule has 8 heteroatoms. The van der Waals surface area contributed by atoms with Crippen molar-refractivity contribution in [3.63, 3.8) is 0 Å². The number of benzene rings is 1. The van der Waals surface area contributed by atoms with Crippen molar-refractivity contribution < 1.29 is 9.53 Å². The number of aryl methyl sites for hydroxylation is 1. The molecular weight excluding hydrogens is 354 g/mol. The lowest BCUT2D eigenvalue weighted by molar-refractivity contribution is 0.251. The van der Waals surface area contributed by atoms with Crippen LogP contribution in [0.1, 0.15) is 5.56 Å². The maximum Gasteiger partial charge on any atom is 0.319 e. The normalized spacial score (nSPS) is 10.4. The number of pyridine rings is 1. The number of amides is 2. The molecule has 1 aromatic carbocycles. The van der Waals surface area contributed by atoms with Crippen LogP contribution in [-0.4, -0.2) is 27.9 Å². The zero-order valence-electron chi connectivity index (χ0n) is 14.4. The van der Waals surface area contributed by atoms with Crippen molar-refractivity contribution in [1.82, 2.24) is 20.1 Å². The summed E-state index contributed by atoms with van der Waals surface area (Å²) in [5.74, 6) is 0.532. The fourth-order valence-electron chi connectivity index (χ4n) is 2.44. The molecule has 0 bridgehead atoms. The average Bonchev–Trinajstić information content (AvgIpc) is 3.07. The lowest BCUT2D eigenvalue weighted by atomic mass is 10.1. The Morgan fingerprint density at radius 1 is 1.23 bits per heavy atom. The van der Waals surface area contributed by atoms with E-state index in [0.717, 1.165) is 16.7 Å². The van der Waals surface area contributed by atoms with Gasteiger partial charge in [-0.3, -0.25) is 9.67 Å². The summed E-state index contributed by atoms with van der Waals surface area (Å²) in [5.41, 5.74) is 3.28. The van der Waals surface area contributed by atoms with Gasteiger partial charge in [0.1, 0.15) is 5.75 Å². The van der Waals surface area contributed by atoms with Crippen LogP contribution in [0, 0.1) is 0 Å². The van der Waals surface area contributed by atoms with Crippen LogP contribution in [0.2, 0.25) is 5.02 Å². The minimum atomic E-state index is -0.364. The van der Waals surface area contributed by atoms with E-state index >= 15 is 0 Å². The Balaban J connectivity index is 1.64. The minimum Gasteiger partial charge on any atom is -0.495 e. The van der Waals surface area contributed by atoms with E-state index in [9.17, 15) is 4.79 Å². The number of nitrogens with one attached hydrogen (secondary N) is 2. The summed E-state index contributed by atoms with van der Waals surface area (Å²) in [4.78, 5) is 16.4. The number of nitrogens with zero attached hydrogens (tertiary/aromatic N) is 3. The lowest BCUT2D eigenvalue weighted by Crippen LogP contribution is -2.28. The van der Waals surface area contributed by atoms with Gasteiger partial charge < -0.3 is 15.4 Å². The molecular formula is C18H18ClN5O2. The fourth-order valence-corrected chi connectivity index (χ4v) is 2.61. The van der Waals surface area contributed by atoms with Gasteiger partial charge in [-0.2, -0.15) is 5.10 Å². The van der Waals surface area contributed by atoms with Gasteiger partial charge in [-0.15, -0.1) is 0 Å². The van der Waals surface area contributed by atoms with Crippen molar-refractivity contribution in [3.8, 4) is 16.9 Å². The molecule has 3 aromatic rings. The summed E-state index contributed by atoms with van der Waals surface area (Å²) in [6, 6.07) is 6.62. The van der Waals surface area contributed by atoms with Gasteiger partial charge >= 0.3 is 6.03 Å². The highest BCUT2D eigenvalue weighted by Crippen LogP contribution is 2.27. The second-order valence-electron chi connectivity index (χ2n) is 5.64. The van der Waals surface area contributed by atoms with Crippen molar-refractivity contribution >= 4 is 23.3 Å². The van der Waals surface area contributed by atoms with Gasteiger partial charge in [-0.05, 0) is 29.8 Å². The van der Waals surface area contributed by atoms with Gasteiger partial charge in [0.2, 0.25) is 0 Å². The third-order valence-electron chi connectivity index (χ3n) is 3.70. The molecule has 0 saturated carbocycles. The molecule has 7 nitrogen and oxygen atoms in total. The number of carbonyl (C=O) groups excluding carboxylic acids is 1. The van der Waals surface area contributed by atoms with Crippen LogP contribution in [0.5, 0.6) is 5.75 Å². The molecule has 0 aliphatic carbocycles. The molecule has 0 aliphatic heterocycles. The predicted molar refractivity (Wildman–Crippen MR) is 100 cm³/mol. The SMILES string of the molecule is COc1ccc(Cl)cc1NC(=O)NCc1cncc(-c2cnn(C)c2)c1. The van der Waals surface area contributed by atoms with Crippen LogP contribution in [0.3, 0.4) is 0 Å². The van der Waals surface area contributed by atoms with Gasteiger partial charge in [0, 0.05) is 48.3 Å². The monoisotopic (exact) mass is 371 g/mol. The first-order chi connectivity index (χ1) is 12.5. The molecule has 0 radical (unpaired) electrons. The molecule has 0 aliphatic rings. The van der Waals surface area contributed by atoms with Crippen LogP contribution < -0.4 is 15.4 Å². The Labute approximate surface area is 156 Å². The molecule has 0 atom stereocenters. The van der Waals surface area contributed by atoms with E-state index in [1.807, 2.05) is 19.3 Å². The first-order valence-electron chi connectivity index (χ1n) is 7.86. The Morgan fingerprint density at radius 2 is 2.08 bits per heavy atom.